The van der Waals surface area contributed by atoms with E-state index in [1.54, 1.807) is 47.4 Å². The van der Waals surface area contributed by atoms with E-state index in [1.807, 2.05) is 0 Å². The van der Waals surface area contributed by atoms with Crippen molar-refractivity contribution in [1.82, 2.24) is 19.3 Å². The number of nitriles is 1. The first kappa shape index (κ1) is 25.3. The Hall–Kier alpha value is -3.82. The van der Waals surface area contributed by atoms with Gasteiger partial charge in [-0.2, -0.15) is 23.2 Å². The molecule has 0 aliphatic carbocycles. The van der Waals surface area contributed by atoms with Crippen molar-refractivity contribution in [2.75, 3.05) is 0 Å². The zero-order chi connectivity index (χ0) is 26.4. The Labute approximate surface area is 204 Å². The molecular formula is C24H19F4N5O2S. The molecule has 4 aromatic rings. The van der Waals surface area contributed by atoms with Crippen LogP contribution in [-0.4, -0.2) is 35.2 Å². The van der Waals surface area contributed by atoms with Crippen LogP contribution in [-0.2, 0) is 10.0 Å². The molecule has 186 valence electrons. The Bertz CT molecular complexity index is 1620. The maximum atomic E-state index is 14.4. The number of pyridine rings is 2. The molecule has 0 aliphatic heterocycles. The molecule has 1 aromatic carbocycles. The van der Waals surface area contributed by atoms with Crippen LogP contribution in [0.1, 0.15) is 23.7 Å². The minimum Gasteiger partial charge on any atom is -0.291 e. The fourth-order valence-corrected chi connectivity index (χ4v) is 4.88. The molecule has 7 nitrogen and oxygen atoms in total. The number of alkyl halides is 3. The molecule has 4 rings (SSSR count). The van der Waals surface area contributed by atoms with Crippen LogP contribution in [0.15, 0.2) is 53.6 Å². The normalized spacial score (nSPS) is 13.1. The smallest absolute Gasteiger partial charge is 0.291 e. The Morgan fingerprint density at radius 3 is 2.44 bits per heavy atom. The third kappa shape index (κ3) is 4.55. The van der Waals surface area contributed by atoms with E-state index in [0.29, 0.717) is 34.9 Å². The Kier molecular flexibility index (Phi) is 6.32. The number of rotatable bonds is 5. The number of sulfonamides is 1. The zero-order valence-electron chi connectivity index (χ0n) is 19.2. The van der Waals surface area contributed by atoms with Crippen molar-refractivity contribution in [2.24, 2.45) is 0 Å². The summed E-state index contributed by atoms with van der Waals surface area (Å²) in [5.41, 5.74) is 1.96. The summed E-state index contributed by atoms with van der Waals surface area (Å²) in [5, 5.41) is 10.3. The third-order valence-corrected chi connectivity index (χ3v) is 7.10. The lowest BCUT2D eigenvalue weighted by Crippen LogP contribution is -2.42. The van der Waals surface area contributed by atoms with E-state index in [0.717, 1.165) is 12.3 Å². The highest BCUT2D eigenvalue weighted by molar-refractivity contribution is 7.89. The molecule has 3 aromatic heterocycles. The van der Waals surface area contributed by atoms with Crippen LogP contribution in [0, 0.1) is 31.0 Å². The van der Waals surface area contributed by atoms with Crippen LogP contribution in [0.2, 0.25) is 0 Å². The predicted octanol–water partition coefficient (Wildman–Crippen LogP) is 4.94. The van der Waals surface area contributed by atoms with Crippen LogP contribution in [0.3, 0.4) is 0 Å². The number of nitrogens with zero attached hydrogens (tertiary/aromatic N) is 4. The molecule has 0 bridgehead atoms. The second kappa shape index (κ2) is 9.00. The predicted molar refractivity (Wildman–Crippen MR) is 124 cm³/mol. The van der Waals surface area contributed by atoms with Crippen molar-refractivity contribution in [3.63, 3.8) is 0 Å². The van der Waals surface area contributed by atoms with Gasteiger partial charge in [0.15, 0.2) is 0 Å². The number of hydrogen-bond acceptors (Lipinski definition) is 5. The van der Waals surface area contributed by atoms with E-state index in [2.05, 4.69) is 16.0 Å². The summed E-state index contributed by atoms with van der Waals surface area (Å²) in [6.45, 7) is 4.04. The summed E-state index contributed by atoms with van der Waals surface area (Å²) in [7, 11) is -4.53. The van der Waals surface area contributed by atoms with Crippen LogP contribution in [0.4, 0.5) is 17.6 Å². The van der Waals surface area contributed by atoms with Gasteiger partial charge in [-0.1, -0.05) is 6.07 Å². The largest absolute Gasteiger partial charge is 0.404 e. The van der Waals surface area contributed by atoms with Crippen LogP contribution in [0.5, 0.6) is 0 Å². The Morgan fingerprint density at radius 2 is 1.86 bits per heavy atom. The summed E-state index contributed by atoms with van der Waals surface area (Å²) in [4.78, 5) is 8.17. The van der Waals surface area contributed by atoms with Gasteiger partial charge in [-0.25, -0.2) is 17.8 Å². The summed E-state index contributed by atoms with van der Waals surface area (Å²) >= 11 is 0. The lowest BCUT2D eigenvalue weighted by atomic mass is 10.1. The van der Waals surface area contributed by atoms with Gasteiger partial charge in [-0.05, 0) is 62.7 Å². The number of hydrogen-bond donors (Lipinski definition) is 1. The molecule has 3 heterocycles. The van der Waals surface area contributed by atoms with Crippen molar-refractivity contribution in [3.8, 4) is 23.3 Å². The zero-order valence-corrected chi connectivity index (χ0v) is 20.0. The lowest BCUT2D eigenvalue weighted by Gasteiger charge is -2.17. The molecule has 0 spiro atoms. The molecule has 36 heavy (non-hydrogen) atoms. The van der Waals surface area contributed by atoms with Crippen molar-refractivity contribution in [1.29, 1.82) is 5.26 Å². The lowest BCUT2D eigenvalue weighted by molar-refractivity contribution is -0.147. The summed E-state index contributed by atoms with van der Waals surface area (Å²) < 4.78 is 81.1. The molecule has 1 unspecified atom stereocenters. The molecule has 0 saturated carbocycles. The topological polar surface area (TPSA) is 101 Å². The SMILES string of the molecule is Cc1cccc(-n2c(-c3ccc(S(=O)(=O)NC(C)C(F)(F)F)cn3)c(C#N)c3cc(F)c(C)cc32)n1. The number of benzene rings is 1. The molecule has 0 radical (unpaired) electrons. The molecular weight excluding hydrogens is 498 g/mol. The van der Waals surface area contributed by atoms with E-state index in [-0.39, 0.29) is 17.0 Å². The second-order valence-corrected chi connectivity index (χ2v) is 9.90. The number of halogens is 4. The first-order chi connectivity index (χ1) is 16.8. The van der Waals surface area contributed by atoms with Gasteiger partial charge in [0.05, 0.1) is 22.5 Å². The van der Waals surface area contributed by atoms with E-state index >= 15 is 0 Å². The van der Waals surface area contributed by atoms with Gasteiger partial charge >= 0.3 is 6.18 Å². The van der Waals surface area contributed by atoms with Gasteiger partial charge in [0.25, 0.3) is 0 Å². The molecule has 1 atom stereocenters. The highest BCUT2D eigenvalue weighted by Gasteiger charge is 2.39. The first-order valence-electron chi connectivity index (χ1n) is 10.6. The van der Waals surface area contributed by atoms with Gasteiger partial charge < -0.3 is 0 Å². The van der Waals surface area contributed by atoms with Gasteiger partial charge in [-0.15, -0.1) is 0 Å². The molecule has 0 saturated heterocycles. The monoisotopic (exact) mass is 517 g/mol. The minimum atomic E-state index is -4.77. The van der Waals surface area contributed by atoms with E-state index < -0.39 is 33.0 Å². The van der Waals surface area contributed by atoms with Crippen molar-refractivity contribution in [2.45, 2.75) is 37.9 Å². The molecule has 0 aliphatic rings. The summed E-state index contributed by atoms with van der Waals surface area (Å²) in [5.74, 6) is -0.0964. The van der Waals surface area contributed by atoms with Crippen molar-refractivity contribution in [3.05, 3.63) is 71.3 Å². The van der Waals surface area contributed by atoms with Gasteiger partial charge in [0.1, 0.15) is 28.6 Å². The van der Waals surface area contributed by atoms with Gasteiger partial charge in [0.2, 0.25) is 10.0 Å². The third-order valence-electron chi connectivity index (χ3n) is 5.57. The summed E-state index contributed by atoms with van der Waals surface area (Å²) in [6.07, 6.45) is -3.86. The molecule has 1 N–H and O–H groups in total. The first-order valence-corrected chi connectivity index (χ1v) is 12.1. The van der Waals surface area contributed by atoms with E-state index in [9.17, 15) is 31.2 Å². The minimum absolute atomic E-state index is 0.0825. The fraction of sp³-hybridized carbons (Fsp3) is 0.208. The van der Waals surface area contributed by atoms with Crippen LogP contribution in [0.25, 0.3) is 28.1 Å². The van der Waals surface area contributed by atoms with Gasteiger partial charge in [0, 0.05) is 17.3 Å². The van der Waals surface area contributed by atoms with Gasteiger partial charge in [-0.3, -0.25) is 9.55 Å². The average molecular weight is 518 g/mol. The quantitative estimate of drug-likeness (QED) is 0.378. The molecule has 12 heteroatoms. The summed E-state index contributed by atoms with van der Waals surface area (Å²) in [6, 6.07) is 10.2. The fourth-order valence-electron chi connectivity index (χ4n) is 3.71. The average Bonchev–Trinajstić information content (AvgIpc) is 3.11. The van der Waals surface area contributed by atoms with Crippen molar-refractivity contribution >= 4 is 20.9 Å². The highest BCUT2D eigenvalue weighted by atomic mass is 32.2. The standard InChI is InChI=1S/C24H19F4N5O2S/c1-13-9-21-17(10-19(13)25)18(11-29)23(33(21)22-6-4-5-14(2)31-22)20-8-7-16(12-30-20)36(34,35)32-15(3)24(26,27)28/h4-10,12,15,32H,1-3H3. The maximum absolute atomic E-state index is 14.4. The maximum Gasteiger partial charge on any atom is 0.404 e. The van der Waals surface area contributed by atoms with Crippen LogP contribution >= 0.6 is 0 Å². The molecule has 0 fully saturated rings. The van der Waals surface area contributed by atoms with Crippen molar-refractivity contribution < 1.29 is 26.0 Å². The Morgan fingerprint density at radius 1 is 1.14 bits per heavy atom. The number of nitrogens with one attached hydrogen (secondary N) is 1. The highest BCUT2D eigenvalue weighted by Crippen LogP contribution is 2.36. The Balaban J connectivity index is 1.92. The number of fused-ring (bicyclic) bond motifs is 1. The van der Waals surface area contributed by atoms with E-state index in [4.69, 9.17) is 0 Å². The molecule has 0 amide bonds. The van der Waals surface area contributed by atoms with Crippen LogP contribution < -0.4 is 4.72 Å². The second-order valence-electron chi connectivity index (χ2n) is 8.19. The number of aryl methyl sites for hydroxylation is 2. The van der Waals surface area contributed by atoms with E-state index in [1.165, 1.54) is 12.1 Å². The number of aromatic nitrogens is 3.